The average Bonchev–Trinajstić information content (AvgIpc) is 2.80. The van der Waals surface area contributed by atoms with Crippen LogP contribution in [-0.4, -0.2) is 45.1 Å². The van der Waals surface area contributed by atoms with Crippen molar-refractivity contribution in [3.8, 4) is 23.0 Å². The summed E-state index contributed by atoms with van der Waals surface area (Å²) in [6, 6.07) is 16.0. The number of aromatic nitrogens is 1. The van der Waals surface area contributed by atoms with Gasteiger partial charge >= 0.3 is 0 Å². The van der Waals surface area contributed by atoms with Crippen molar-refractivity contribution in [2.24, 2.45) is 0 Å². The van der Waals surface area contributed by atoms with Crippen LogP contribution in [0.3, 0.4) is 0 Å². The second-order valence-corrected chi connectivity index (χ2v) is 6.26. The summed E-state index contributed by atoms with van der Waals surface area (Å²) < 4.78 is 21.8. The molecule has 1 N–H and O–H groups in total. The lowest BCUT2D eigenvalue weighted by molar-refractivity contribution is 0.318. The molecule has 1 heterocycles. The van der Waals surface area contributed by atoms with E-state index in [1.165, 1.54) is 0 Å². The minimum absolute atomic E-state index is 0.0207. The summed E-state index contributed by atoms with van der Waals surface area (Å²) >= 11 is 0. The van der Waals surface area contributed by atoms with Crippen molar-refractivity contribution < 1.29 is 24.1 Å². The van der Waals surface area contributed by atoms with Crippen LogP contribution >= 0.6 is 0 Å². The third kappa shape index (κ3) is 5.42. The summed E-state index contributed by atoms with van der Waals surface area (Å²) in [5.41, 5.74) is 3.27. The number of pyridine rings is 1. The number of benzene rings is 2. The summed E-state index contributed by atoms with van der Waals surface area (Å²) in [7, 11) is 6.54. The smallest absolute Gasteiger partial charge is 0.161 e. The van der Waals surface area contributed by atoms with Crippen molar-refractivity contribution >= 4 is 0 Å². The van der Waals surface area contributed by atoms with E-state index in [1.807, 2.05) is 48.5 Å². The monoisotopic (exact) mass is 411 g/mol. The second kappa shape index (κ2) is 11.7. The quantitative estimate of drug-likeness (QED) is 0.625. The Balaban J connectivity index is 0.00000101. The first-order valence-corrected chi connectivity index (χ1v) is 9.58. The molecule has 0 atom stereocenters. The van der Waals surface area contributed by atoms with E-state index in [0.29, 0.717) is 23.0 Å². The zero-order valence-electron chi connectivity index (χ0n) is 18.1. The van der Waals surface area contributed by atoms with Crippen molar-refractivity contribution in [2.45, 2.75) is 12.8 Å². The van der Waals surface area contributed by atoms with Gasteiger partial charge in [-0.25, -0.2) is 0 Å². The highest BCUT2D eigenvalue weighted by Crippen LogP contribution is 2.39. The van der Waals surface area contributed by atoms with Crippen LogP contribution in [0.15, 0.2) is 60.9 Å². The maximum Gasteiger partial charge on any atom is 0.161 e. The number of nitrogens with zero attached hydrogens (tertiary/aromatic N) is 1. The van der Waals surface area contributed by atoms with E-state index in [9.17, 15) is 0 Å². The SMILES string of the molecule is CCO.COc1ccc(C(c2ccncc2)c2ccc(OC)c(OC)c2)cc1OC. The zero-order valence-corrected chi connectivity index (χ0v) is 18.1. The normalized spacial score (nSPS) is 10.1. The van der Waals surface area contributed by atoms with Crippen LogP contribution in [0.2, 0.25) is 0 Å². The van der Waals surface area contributed by atoms with Crippen LogP contribution in [0.25, 0.3) is 0 Å². The van der Waals surface area contributed by atoms with Crippen molar-refractivity contribution in [2.75, 3.05) is 35.0 Å². The van der Waals surface area contributed by atoms with Crippen LogP contribution in [0.4, 0.5) is 0 Å². The highest BCUT2D eigenvalue weighted by atomic mass is 16.5. The molecule has 2 aromatic carbocycles. The van der Waals surface area contributed by atoms with Gasteiger partial charge in [0.1, 0.15) is 0 Å². The molecule has 0 radical (unpaired) electrons. The molecule has 30 heavy (non-hydrogen) atoms. The van der Waals surface area contributed by atoms with Gasteiger partial charge in [0.15, 0.2) is 23.0 Å². The Morgan fingerprint density at radius 2 is 1.07 bits per heavy atom. The molecule has 0 saturated heterocycles. The predicted octanol–water partition coefficient (Wildman–Crippen LogP) is 4.29. The minimum atomic E-state index is -0.0207. The standard InChI is InChI=1S/C22H23NO4.C2H6O/c1-24-18-7-5-16(13-20(18)26-3)22(15-9-11-23-12-10-15)17-6-8-19(25-2)21(14-17)27-4;1-2-3/h5-14,22H,1-4H3;3H,2H2,1H3. The third-order valence-electron chi connectivity index (χ3n) is 4.52. The highest BCUT2D eigenvalue weighted by Gasteiger charge is 2.20. The number of ether oxygens (including phenoxy) is 4. The van der Waals surface area contributed by atoms with Gasteiger partial charge in [-0.15, -0.1) is 0 Å². The molecule has 0 aliphatic heterocycles. The lowest BCUT2D eigenvalue weighted by Crippen LogP contribution is -2.05. The number of rotatable bonds is 7. The molecule has 1 aromatic heterocycles. The first kappa shape index (κ1) is 23.0. The summed E-state index contributed by atoms with van der Waals surface area (Å²) in [5.74, 6) is 2.75. The lowest BCUT2D eigenvalue weighted by Gasteiger charge is -2.21. The van der Waals surface area contributed by atoms with Crippen molar-refractivity contribution in [3.05, 3.63) is 77.6 Å². The van der Waals surface area contributed by atoms with Crippen LogP contribution in [0.5, 0.6) is 23.0 Å². The van der Waals surface area contributed by atoms with E-state index in [4.69, 9.17) is 24.1 Å². The fraction of sp³-hybridized carbons (Fsp3) is 0.292. The first-order valence-electron chi connectivity index (χ1n) is 9.58. The highest BCUT2D eigenvalue weighted by molar-refractivity contribution is 5.53. The largest absolute Gasteiger partial charge is 0.493 e. The molecule has 0 unspecified atom stereocenters. The van der Waals surface area contributed by atoms with E-state index >= 15 is 0 Å². The van der Waals surface area contributed by atoms with E-state index in [2.05, 4.69) is 4.98 Å². The Labute approximate surface area is 178 Å². The molecule has 6 heteroatoms. The summed E-state index contributed by atoms with van der Waals surface area (Å²) in [6.45, 7) is 1.93. The summed E-state index contributed by atoms with van der Waals surface area (Å²) in [4.78, 5) is 4.15. The van der Waals surface area contributed by atoms with Gasteiger partial charge in [0, 0.05) is 24.9 Å². The fourth-order valence-electron chi connectivity index (χ4n) is 3.20. The number of aliphatic hydroxyl groups excluding tert-OH is 1. The Hall–Kier alpha value is -3.25. The number of hydrogen-bond donors (Lipinski definition) is 1. The molecule has 0 aliphatic rings. The Kier molecular flexibility index (Phi) is 8.97. The Morgan fingerprint density at radius 1 is 0.667 bits per heavy atom. The van der Waals surface area contributed by atoms with Crippen LogP contribution in [0.1, 0.15) is 29.5 Å². The first-order chi connectivity index (χ1) is 14.6. The van der Waals surface area contributed by atoms with E-state index in [-0.39, 0.29) is 12.5 Å². The molecule has 0 saturated carbocycles. The van der Waals surface area contributed by atoms with Gasteiger partial charge in [-0.2, -0.15) is 0 Å². The summed E-state index contributed by atoms with van der Waals surface area (Å²) in [6.07, 6.45) is 3.59. The van der Waals surface area contributed by atoms with Gasteiger partial charge in [0.25, 0.3) is 0 Å². The lowest BCUT2D eigenvalue weighted by atomic mass is 9.85. The third-order valence-corrected chi connectivity index (χ3v) is 4.52. The molecular weight excluding hydrogens is 382 g/mol. The Bertz CT molecular complexity index is 859. The molecule has 0 aliphatic carbocycles. The predicted molar refractivity (Wildman–Crippen MR) is 117 cm³/mol. The zero-order chi connectivity index (χ0) is 21.9. The Morgan fingerprint density at radius 3 is 1.43 bits per heavy atom. The van der Waals surface area contributed by atoms with E-state index < -0.39 is 0 Å². The van der Waals surface area contributed by atoms with Gasteiger partial charge in [0.05, 0.1) is 28.4 Å². The molecule has 6 nitrogen and oxygen atoms in total. The maximum atomic E-state index is 7.57. The van der Waals surface area contributed by atoms with Crippen LogP contribution in [-0.2, 0) is 0 Å². The fourth-order valence-corrected chi connectivity index (χ4v) is 3.20. The topological polar surface area (TPSA) is 70.0 Å². The number of aliphatic hydroxyl groups is 1. The average molecular weight is 411 g/mol. The molecule has 0 fully saturated rings. The molecule has 0 spiro atoms. The van der Waals surface area contributed by atoms with Gasteiger partial charge in [-0.1, -0.05) is 12.1 Å². The van der Waals surface area contributed by atoms with E-state index in [0.717, 1.165) is 16.7 Å². The molecular formula is C24H29NO5. The molecule has 3 rings (SSSR count). The van der Waals surface area contributed by atoms with Crippen LogP contribution in [0, 0.1) is 0 Å². The molecule has 160 valence electrons. The number of hydrogen-bond acceptors (Lipinski definition) is 6. The van der Waals surface area contributed by atoms with Gasteiger partial charge in [0.2, 0.25) is 0 Å². The molecule has 0 amide bonds. The van der Waals surface area contributed by atoms with Gasteiger partial charge in [-0.3, -0.25) is 4.98 Å². The maximum absolute atomic E-state index is 7.57. The summed E-state index contributed by atoms with van der Waals surface area (Å²) in [5, 5.41) is 7.57. The molecule has 3 aromatic rings. The van der Waals surface area contributed by atoms with E-state index in [1.54, 1.807) is 47.8 Å². The van der Waals surface area contributed by atoms with Crippen LogP contribution < -0.4 is 18.9 Å². The van der Waals surface area contributed by atoms with Crippen molar-refractivity contribution in [1.82, 2.24) is 4.98 Å². The van der Waals surface area contributed by atoms with Gasteiger partial charge in [-0.05, 0) is 60.0 Å². The second-order valence-electron chi connectivity index (χ2n) is 6.26. The number of methoxy groups -OCH3 is 4. The molecule has 0 bridgehead atoms. The van der Waals surface area contributed by atoms with Crippen molar-refractivity contribution in [1.29, 1.82) is 0 Å². The van der Waals surface area contributed by atoms with Crippen molar-refractivity contribution in [3.63, 3.8) is 0 Å². The van der Waals surface area contributed by atoms with Gasteiger partial charge < -0.3 is 24.1 Å². The minimum Gasteiger partial charge on any atom is -0.493 e.